The van der Waals surface area contributed by atoms with Crippen LogP contribution in [0.2, 0.25) is 0 Å². The van der Waals surface area contributed by atoms with Crippen molar-refractivity contribution >= 4 is 21.4 Å². The average molecular weight is 301 g/mol. The molecule has 0 radical (unpaired) electrons. The molecule has 0 saturated heterocycles. The van der Waals surface area contributed by atoms with Gasteiger partial charge in [0, 0.05) is 9.58 Å². The van der Waals surface area contributed by atoms with E-state index in [9.17, 15) is 4.39 Å². The van der Waals surface area contributed by atoms with Gasteiger partial charge >= 0.3 is 0 Å². The van der Waals surface area contributed by atoms with Crippen LogP contribution in [-0.2, 0) is 0 Å². The van der Waals surface area contributed by atoms with Crippen molar-refractivity contribution < 1.29 is 9.13 Å². The van der Waals surface area contributed by atoms with Crippen LogP contribution in [0.3, 0.4) is 0 Å². The van der Waals surface area contributed by atoms with Crippen molar-refractivity contribution in [3.63, 3.8) is 0 Å². The number of halogens is 1. The van der Waals surface area contributed by atoms with Gasteiger partial charge in [0.15, 0.2) is 0 Å². The highest BCUT2D eigenvalue weighted by atomic mass is 32.1. The molecular weight excluding hydrogens is 285 g/mol. The molecule has 21 heavy (non-hydrogen) atoms. The lowest BCUT2D eigenvalue weighted by Gasteiger charge is -2.11. The van der Waals surface area contributed by atoms with Crippen LogP contribution < -0.4 is 10.5 Å². The van der Waals surface area contributed by atoms with Gasteiger partial charge in [-0.3, -0.25) is 0 Å². The largest absolute Gasteiger partial charge is 0.494 e. The summed E-state index contributed by atoms with van der Waals surface area (Å²) in [6, 6.07) is 14.3. The molecule has 2 aromatic carbocycles. The lowest BCUT2D eigenvalue weighted by Crippen LogP contribution is -2.10. The third kappa shape index (κ3) is 2.91. The molecule has 1 atom stereocenters. The van der Waals surface area contributed by atoms with Crippen LogP contribution in [0.1, 0.15) is 23.4 Å². The molecule has 0 bridgehead atoms. The number of nitrogens with two attached hydrogens (primary N) is 1. The molecule has 1 heterocycles. The fourth-order valence-corrected chi connectivity index (χ4v) is 3.39. The first-order chi connectivity index (χ1) is 10.2. The van der Waals surface area contributed by atoms with Gasteiger partial charge in [-0.25, -0.2) is 4.39 Å². The molecule has 4 heteroatoms. The first-order valence-electron chi connectivity index (χ1n) is 6.84. The third-order valence-corrected chi connectivity index (χ3v) is 4.53. The topological polar surface area (TPSA) is 35.2 Å². The minimum atomic E-state index is -0.231. The number of thiophene rings is 1. The SMILES string of the molecule is CCOc1cccc(C(N)c2cc3cc(F)ccc3s2)c1. The van der Waals surface area contributed by atoms with Crippen LogP contribution >= 0.6 is 11.3 Å². The Morgan fingerprint density at radius 2 is 2.05 bits per heavy atom. The summed E-state index contributed by atoms with van der Waals surface area (Å²) in [7, 11) is 0. The Bertz CT molecular complexity index is 768. The number of ether oxygens (including phenoxy) is 1. The van der Waals surface area contributed by atoms with Gasteiger partial charge in [0.25, 0.3) is 0 Å². The molecule has 1 unspecified atom stereocenters. The van der Waals surface area contributed by atoms with Gasteiger partial charge in [-0.05, 0) is 54.3 Å². The van der Waals surface area contributed by atoms with Crippen LogP contribution in [0.4, 0.5) is 4.39 Å². The standard InChI is InChI=1S/C17H16FNOS/c1-2-20-14-5-3-4-11(9-14)17(19)16-10-12-8-13(18)6-7-15(12)21-16/h3-10,17H,2,19H2,1H3. The number of hydrogen-bond acceptors (Lipinski definition) is 3. The van der Waals surface area contributed by atoms with Crippen molar-refractivity contribution in [2.24, 2.45) is 5.73 Å². The van der Waals surface area contributed by atoms with Crippen molar-refractivity contribution in [1.29, 1.82) is 0 Å². The highest BCUT2D eigenvalue weighted by molar-refractivity contribution is 7.19. The molecule has 0 amide bonds. The van der Waals surface area contributed by atoms with E-state index in [0.717, 1.165) is 26.3 Å². The first kappa shape index (κ1) is 14.0. The van der Waals surface area contributed by atoms with Crippen LogP contribution in [-0.4, -0.2) is 6.61 Å². The second kappa shape index (κ2) is 5.84. The third-order valence-electron chi connectivity index (χ3n) is 3.33. The van der Waals surface area contributed by atoms with Crippen LogP contribution in [0.15, 0.2) is 48.5 Å². The molecule has 2 nitrogen and oxygen atoms in total. The summed E-state index contributed by atoms with van der Waals surface area (Å²) in [6.45, 7) is 2.58. The zero-order valence-corrected chi connectivity index (χ0v) is 12.5. The maximum atomic E-state index is 13.3. The highest BCUT2D eigenvalue weighted by Gasteiger charge is 2.13. The van der Waals surface area contributed by atoms with Crippen LogP contribution in [0.5, 0.6) is 5.75 Å². The zero-order valence-electron chi connectivity index (χ0n) is 11.7. The van der Waals surface area contributed by atoms with E-state index in [1.165, 1.54) is 6.07 Å². The average Bonchev–Trinajstić information content (AvgIpc) is 2.90. The van der Waals surface area contributed by atoms with E-state index < -0.39 is 0 Å². The van der Waals surface area contributed by atoms with Gasteiger partial charge in [-0.15, -0.1) is 11.3 Å². The molecule has 3 rings (SSSR count). The molecule has 2 N–H and O–H groups in total. The number of hydrogen-bond donors (Lipinski definition) is 1. The summed E-state index contributed by atoms with van der Waals surface area (Å²) in [5, 5.41) is 0.895. The zero-order chi connectivity index (χ0) is 14.8. The fourth-order valence-electron chi connectivity index (χ4n) is 2.32. The van der Waals surface area contributed by atoms with Gasteiger partial charge in [0.05, 0.1) is 12.6 Å². The Labute approximate surface area is 127 Å². The van der Waals surface area contributed by atoms with E-state index in [4.69, 9.17) is 10.5 Å². The highest BCUT2D eigenvalue weighted by Crippen LogP contribution is 2.33. The molecule has 0 aliphatic heterocycles. The Morgan fingerprint density at radius 1 is 1.19 bits per heavy atom. The maximum absolute atomic E-state index is 13.3. The van der Waals surface area contributed by atoms with Gasteiger partial charge in [-0.1, -0.05) is 12.1 Å². The second-order valence-electron chi connectivity index (χ2n) is 4.81. The molecule has 0 aliphatic rings. The molecule has 0 aliphatic carbocycles. The number of rotatable bonds is 4. The minimum Gasteiger partial charge on any atom is -0.494 e. The van der Waals surface area contributed by atoms with Gasteiger partial charge in [0.1, 0.15) is 11.6 Å². The molecule has 1 aromatic heterocycles. The molecule has 0 saturated carbocycles. The van der Waals surface area contributed by atoms with Crippen molar-refractivity contribution in [2.75, 3.05) is 6.61 Å². The summed E-state index contributed by atoms with van der Waals surface area (Å²) in [5.74, 6) is 0.594. The van der Waals surface area contributed by atoms with E-state index in [1.54, 1.807) is 23.5 Å². The minimum absolute atomic E-state index is 0.223. The summed E-state index contributed by atoms with van der Waals surface area (Å²) in [6.07, 6.45) is 0. The van der Waals surface area contributed by atoms with E-state index in [1.807, 2.05) is 37.3 Å². The molecule has 3 aromatic rings. The Kier molecular flexibility index (Phi) is 3.90. The lowest BCUT2D eigenvalue weighted by molar-refractivity contribution is 0.340. The normalized spacial score (nSPS) is 12.5. The van der Waals surface area contributed by atoms with Crippen LogP contribution in [0.25, 0.3) is 10.1 Å². The van der Waals surface area contributed by atoms with Gasteiger partial charge < -0.3 is 10.5 Å². The Hall–Kier alpha value is -1.91. The van der Waals surface area contributed by atoms with Crippen molar-refractivity contribution in [3.05, 3.63) is 64.8 Å². The summed E-state index contributed by atoms with van der Waals surface area (Å²) < 4.78 is 19.8. The molecular formula is C17H16FNOS. The van der Waals surface area contributed by atoms with Gasteiger partial charge in [-0.2, -0.15) is 0 Å². The molecule has 0 spiro atoms. The van der Waals surface area contributed by atoms with Crippen molar-refractivity contribution in [3.8, 4) is 5.75 Å². The van der Waals surface area contributed by atoms with E-state index in [2.05, 4.69) is 0 Å². The first-order valence-corrected chi connectivity index (χ1v) is 7.66. The smallest absolute Gasteiger partial charge is 0.123 e. The fraction of sp³-hybridized carbons (Fsp3) is 0.176. The second-order valence-corrected chi connectivity index (χ2v) is 5.93. The van der Waals surface area contributed by atoms with E-state index in [0.29, 0.717) is 6.61 Å². The van der Waals surface area contributed by atoms with Crippen molar-refractivity contribution in [2.45, 2.75) is 13.0 Å². The molecule has 0 fully saturated rings. The summed E-state index contributed by atoms with van der Waals surface area (Å²) >= 11 is 1.60. The number of benzene rings is 2. The van der Waals surface area contributed by atoms with Gasteiger partial charge in [0.2, 0.25) is 0 Å². The quantitative estimate of drug-likeness (QED) is 0.770. The summed E-state index contributed by atoms with van der Waals surface area (Å²) in [5.41, 5.74) is 7.34. The summed E-state index contributed by atoms with van der Waals surface area (Å²) in [4.78, 5) is 1.02. The predicted octanol–water partition coefficient (Wildman–Crippen LogP) is 4.49. The number of fused-ring (bicyclic) bond motifs is 1. The Balaban J connectivity index is 1.95. The monoisotopic (exact) mass is 301 g/mol. The van der Waals surface area contributed by atoms with Crippen molar-refractivity contribution in [1.82, 2.24) is 0 Å². The predicted molar refractivity (Wildman–Crippen MR) is 85.4 cm³/mol. The van der Waals surface area contributed by atoms with E-state index >= 15 is 0 Å². The Morgan fingerprint density at radius 3 is 2.86 bits per heavy atom. The van der Waals surface area contributed by atoms with Crippen LogP contribution in [0, 0.1) is 5.82 Å². The molecule has 108 valence electrons. The maximum Gasteiger partial charge on any atom is 0.123 e. The van der Waals surface area contributed by atoms with E-state index in [-0.39, 0.29) is 11.9 Å². The lowest BCUT2D eigenvalue weighted by atomic mass is 10.1.